The number of ether oxygens (including phenoxy) is 2. The fourth-order valence-corrected chi connectivity index (χ4v) is 8.73. The number of nitrogens with zero attached hydrogens (tertiary/aromatic N) is 5. The number of halogens is 4. The van der Waals surface area contributed by atoms with Crippen molar-refractivity contribution in [1.82, 2.24) is 20.2 Å². The molecule has 0 saturated carbocycles. The van der Waals surface area contributed by atoms with Crippen LogP contribution in [0.15, 0.2) is 18.2 Å². The molecule has 4 aliphatic rings. The Bertz CT molecular complexity index is 1910. The quantitative estimate of drug-likeness (QED) is 0.264. The van der Waals surface area contributed by atoms with Gasteiger partial charge in [0.15, 0.2) is 5.82 Å². The molecule has 0 unspecified atom stereocenters. The summed E-state index contributed by atoms with van der Waals surface area (Å²) in [5, 5.41) is 4.04. The van der Waals surface area contributed by atoms with Crippen LogP contribution in [0.4, 0.5) is 29.7 Å². The second-order valence-corrected chi connectivity index (χ2v) is 13.9. The molecule has 8 rings (SSSR count). The van der Waals surface area contributed by atoms with E-state index in [4.69, 9.17) is 38.4 Å². The topological polar surface area (TPSA) is 93.1 Å². The van der Waals surface area contributed by atoms with Crippen LogP contribution in [0.3, 0.4) is 0 Å². The van der Waals surface area contributed by atoms with Gasteiger partial charge in [-0.25, -0.2) is 18.0 Å². The molecule has 0 radical (unpaired) electrons. The van der Waals surface area contributed by atoms with E-state index in [9.17, 15) is 8.78 Å². The Balaban J connectivity index is 1.29. The highest BCUT2D eigenvalue weighted by Crippen LogP contribution is 2.49. The van der Waals surface area contributed by atoms with Crippen LogP contribution >= 0.6 is 22.9 Å². The third-order valence-corrected chi connectivity index (χ3v) is 11.0. The Hall–Kier alpha value is -3.41. The van der Waals surface area contributed by atoms with Gasteiger partial charge in [-0.05, 0) is 37.1 Å². The number of morpholine rings is 1. The fraction of sp³-hybridized carbons (Fsp3) is 0.452. The van der Waals surface area contributed by atoms with Crippen molar-refractivity contribution in [3.63, 3.8) is 0 Å². The predicted octanol–water partition coefficient (Wildman–Crippen LogP) is 5.71. The molecule has 0 aliphatic carbocycles. The molecule has 14 heteroatoms. The van der Waals surface area contributed by atoms with Gasteiger partial charge in [-0.1, -0.05) is 17.7 Å². The molecule has 2 aromatic heterocycles. The lowest BCUT2D eigenvalue weighted by molar-refractivity contribution is -0.0883. The normalized spacial score (nSPS) is 24.3. The number of hydrogen-bond acceptors (Lipinski definition) is 9. The van der Waals surface area contributed by atoms with Gasteiger partial charge in [0.2, 0.25) is 5.69 Å². The van der Waals surface area contributed by atoms with E-state index in [1.165, 1.54) is 12.1 Å². The van der Waals surface area contributed by atoms with Gasteiger partial charge < -0.3 is 25.4 Å². The highest BCUT2D eigenvalue weighted by Gasteiger charge is 2.49. The maximum atomic E-state index is 16.9. The highest BCUT2D eigenvalue weighted by atomic mass is 35.5. The van der Waals surface area contributed by atoms with Crippen molar-refractivity contribution in [2.24, 2.45) is 0 Å². The third kappa shape index (κ3) is 4.52. The number of benzene rings is 2. The lowest BCUT2D eigenvalue weighted by atomic mass is 9.94. The van der Waals surface area contributed by atoms with Gasteiger partial charge in [-0.3, -0.25) is 4.90 Å². The standard InChI is InChI=1S/C31H29ClF3N7O2S/c1-37-25-22-17(3-4-20(34)26(22)45-27(25)36)21-19(32)9-18-24(23(21)35)39-29(43-15-30-5-2-6-42(30)11-16(33)10-30)40-28(18)41-7-8-44-31(14-41)12-38-13-31/h3-4,9,16,38H,2,5-8,10-15,36H2/t16-,30+/m1/s1. The van der Waals surface area contributed by atoms with Crippen molar-refractivity contribution < 1.29 is 22.6 Å². The summed E-state index contributed by atoms with van der Waals surface area (Å²) in [6.45, 7) is 11.9. The number of alkyl halides is 1. The molecule has 2 atom stereocenters. The molecule has 0 bridgehead atoms. The molecule has 4 saturated heterocycles. The van der Waals surface area contributed by atoms with Crippen LogP contribution in [-0.4, -0.2) is 84.7 Å². The van der Waals surface area contributed by atoms with E-state index in [0.29, 0.717) is 57.0 Å². The summed E-state index contributed by atoms with van der Waals surface area (Å²) >= 11 is 7.77. The van der Waals surface area contributed by atoms with Crippen molar-refractivity contribution in [1.29, 1.82) is 0 Å². The van der Waals surface area contributed by atoms with Crippen molar-refractivity contribution in [3.8, 4) is 17.1 Å². The van der Waals surface area contributed by atoms with Crippen molar-refractivity contribution in [2.75, 3.05) is 63.1 Å². The number of thiophene rings is 1. The molecule has 4 fully saturated rings. The van der Waals surface area contributed by atoms with Gasteiger partial charge in [0.1, 0.15) is 35.5 Å². The Kier molecular flexibility index (Phi) is 6.82. The molecule has 4 aliphatic heterocycles. The Morgan fingerprint density at radius 2 is 2.11 bits per heavy atom. The first-order valence-electron chi connectivity index (χ1n) is 14.9. The van der Waals surface area contributed by atoms with Gasteiger partial charge in [0.05, 0.1) is 40.0 Å². The van der Waals surface area contributed by atoms with Gasteiger partial charge in [-0.2, -0.15) is 9.97 Å². The summed E-state index contributed by atoms with van der Waals surface area (Å²) in [4.78, 5) is 17.0. The largest absolute Gasteiger partial charge is 0.461 e. The fourth-order valence-electron chi connectivity index (χ4n) is 7.50. The van der Waals surface area contributed by atoms with Gasteiger partial charge >= 0.3 is 6.01 Å². The number of nitrogen functional groups attached to an aromatic ring is 1. The van der Waals surface area contributed by atoms with Crippen molar-refractivity contribution in [2.45, 2.75) is 36.6 Å². The van der Waals surface area contributed by atoms with E-state index in [1.807, 2.05) is 4.90 Å². The second-order valence-electron chi connectivity index (χ2n) is 12.4. The smallest absolute Gasteiger partial charge is 0.319 e. The maximum Gasteiger partial charge on any atom is 0.319 e. The highest BCUT2D eigenvalue weighted by molar-refractivity contribution is 7.23. The minimum atomic E-state index is -0.927. The number of nitrogens with two attached hydrogens (primary N) is 1. The molecule has 234 valence electrons. The summed E-state index contributed by atoms with van der Waals surface area (Å²) in [7, 11) is 0. The van der Waals surface area contributed by atoms with Gasteiger partial charge in [0.25, 0.3) is 0 Å². The van der Waals surface area contributed by atoms with Crippen molar-refractivity contribution >= 4 is 60.4 Å². The van der Waals surface area contributed by atoms with Gasteiger partial charge in [0, 0.05) is 48.9 Å². The molecular formula is C31H29ClF3N7O2S. The molecule has 4 aromatic rings. The predicted molar refractivity (Wildman–Crippen MR) is 168 cm³/mol. The van der Waals surface area contributed by atoms with E-state index in [0.717, 1.165) is 30.7 Å². The number of hydrogen-bond donors (Lipinski definition) is 2. The van der Waals surface area contributed by atoms with Crippen LogP contribution in [0.25, 0.3) is 37.0 Å². The van der Waals surface area contributed by atoms with Crippen LogP contribution < -0.4 is 20.7 Å². The molecule has 2 aromatic carbocycles. The first-order chi connectivity index (χ1) is 21.7. The number of rotatable bonds is 5. The third-order valence-electron chi connectivity index (χ3n) is 9.69. The minimum Gasteiger partial charge on any atom is -0.461 e. The van der Waals surface area contributed by atoms with E-state index in [2.05, 4.69) is 20.0 Å². The van der Waals surface area contributed by atoms with Crippen LogP contribution in [0, 0.1) is 18.2 Å². The van der Waals surface area contributed by atoms with Crippen LogP contribution in [0.2, 0.25) is 5.02 Å². The maximum absolute atomic E-state index is 16.9. The monoisotopic (exact) mass is 655 g/mol. The summed E-state index contributed by atoms with van der Waals surface area (Å²) in [6.07, 6.45) is 1.19. The first kappa shape index (κ1) is 29.0. The summed E-state index contributed by atoms with van der Waals surface area (Å²) < 4.78 is 58.7. The lowest BCUT2D eigenvalue weighted by Crippen LogP contribution is -2.69. The molecular weight excluding hydrogens is 627 g/mol. The van der Waals surface area contributed by atoms with Gasteiger partial charge in [-0.15, -0.1) is 11.3 Å². The summed E-state index contributed by atoms with van der Waals surface area (Å²) in [6, 6.07) is 4.21. The van der Waals surface area contributed by atoms with E-state index >= 15 is 4.39 Å². The number of aromatic nitrogens is 2. The Labute approximate surface area is 265 Å². The van der Waals surface area contributed by atoms with Crippen LogP contribution in [0.5, 0.6) is 6.01 Å². The zero-order chi connectivity index (χ0) is 31.1. The molecule has 3 N–H and O–H groups in total. The molecule has 0 amide bonds. The van der Waals surface area contributed by atoms with Crippen molar-refractivity contribution in [3.05, 3.63) is 46.3 Å². The summed E-state index contributed by atoms with van der Waals surface area (Å²) in [5.74, 6) is -0.857. The average Bonchev–Trinajstić information content (AvgIpc) is 3.65. The molecule has 1 spiro atoms. The van der Waals surface area contributed by atoms with Crippen LogP contribution in [0.1, 0.15) is 19.3 Å². The van der Waals surface area contributed by atoms with Crippen LogP contribution in [-0.2, 0) is 4.74 Å². The number of fused-ring (bicyclic) bond motifs is 3. The van der Waals surface area contributed by atoms with E-state index < -0.39 is 23.3 Å². The zero-order valence-electron chi connectivity index (χ0n) is 24.1. The number of anilines is 2. The Morgan fingerprint density at radius 1 is 1.27 bits per heavy atom. The molecule has 9 nitrogen and oxygen atoms in total. The lowest BCUT2D eigenvalue weighted by Gasteiger charge is -2.49. The second kappa shape index (κ2) is 10.6. The SMILES string of the molecule is [C-]#[N+]c1c(N)sc2c(F)ccc(-c3c(Cl)cc4c(N5CCOC6(CNC6)C5)nc(OC[C@@]56CCCN5C[C@H](F)C6)nc4c3F)c12. The summed E-state index contributed by atoms with van der Waals surface area (Å²) in [5.41, 5.74) is 5.47. The first-order valence-corrected chi connectivity index (χ1v) is 16.1. The molecule has 45 heavy (non-hydrogen) atoms. The van der Waals surface area contributed by atoms with E-state index in [1.54, 1.807) is 6.07 Å². The zero-order valence-corrected chi connectivity index (χ0v) is 25.7. The average molecular weight is 656 g/mol. The molecule has 6 heterocycles. The number of nitrogens with one attached hydrogen (secondary N) is 1. The minimum absolute atomic E-state index is 0.0219. The van der Waals surface area contributed by atoms with E-state index in [-0.39, 0.29) is 60.7 Å². The Morgan fingerprint density at radius 3 is 2.89 bits per heavy atom.